The van der Waals surface area contributed by atoms with Crippen LogP contribution in [0.3, 0.4) is 0 Å². The number of anilines is 1. The zero-order valence-electron chi connectivity index (χ0n) is 13.4. The zero-order valence-corrected chi connectivity index (χ0v) is 15.8. The second-order valence-electron chi connectivity index (χ2n) is 5.29. The van der Waals surface area contributed by atoms with Crippen molar-refractivity contribution in [1.29, 1.82) is 0 Å². The first-order chi connectivity index (χ1) is 11.6. The zero-order chi connectivity index (χ0) is 17.1. The molecule has 0 aliphatic rings. The molecule has 6 heteroatoms. The molecule has 3 aromatic rings. The van der Waals surface area contributed by atoms with Crippen LogP contribution >= 0.6 is 27.3 Å². The summed E-state index contributed by atoms with van der Waals surface area (Å²) in [5.41, 5.74) is 2.67. The van der Waals surface area contributed by atoms with E-state index < -0.39 is 0 Å². The number of aromatic nitrogens is 2. The minimum Gasteiger partial charge on any atom is -0.292 e. The minimum atomic E-state index is -0.137. The Labute approximate surface area is 153 Å². The lowest BCUT2D eigenvalue weighted by Crippen LogP contribution is -2.31. The number of carbonyl (C=O) groups excluding carboxylic acids is 1. The fraction of sp³-hybridized carbons (Fsp3) is 0.167. The maximum atomic E-state index is 12.8. The Hall–Kier alpha value is -2.05. The van der Waals surface area contributed by atoms with E-state index >= 15 is 0 Å². The number of halogens is 1. The fourth-order valence-corrected chi connectivity index (χ4v) is 3.31. The number of rotatable bonds is 4. The van der Waals surface area contributed by atoms with Crippen molar-refractivity contribution in [3.63, 3.8) is 0 Å². The molecule has 24 heavy (non-hydrogen) atoms. The molecule has 1 aromatic carbocycles. The van der Waals surface area contributed by atoms with Gasteiger partial charge in [0.05, 0.1) is 0 Å². The van der Waals surface area contributed by atoms with Crippen LogP contribution in [0.25, 0.3) is 10.6 Å². The number of carbonyl (C=O) groups is 1. The highest BCUT2D eigenvalue weighted by Crippen LogP contribution is 2.25. The van der Waals surface area contributed by atoms with Crippen LogP contribution in [0.2, 0.25) is 0 Å². The molecule has 2 heterocycles. The summed E-state index contributed by atoms with van der Waals surface area (Å²) in [6.07, 6.45) is 1.68. The third kappa shape index (κ3) is 3.55. The largest absolute Gasteiger partial charge is 0.292 e. The van der Waals surface area contributed by atoms with Gasteiger partial charge in [0, 0.05) is 28.2 Å². The van der Waals surface area contributed by atoms with Crippen molar-refractivity contribution in [3.8, 4) is 10.6 Å². The van der Waals surface area contributed by atoms with E-state index in [2.05, 4.69) is 25.9 Å². The van der Waals surface area contributed by atoms with Gasteiger partial charge in [0.25, 0.3) is 5.91 Å². The van der Waals surface area contributed by atoms with Gasteiger partial charge in [-0.25, -0.2) is 9.97 Å². The highest BCUT2D eigenvalue weighted by atomic mass is 79.9. The highest BCUT2D eigenvalue weighted by Gasteiger charge is 2.20. The Balaban J connectivity index is 1.86. The summed E-state index contributed by atoms with van der Waals surface area (Å²) >= 11 is 4.83. The third-order valence-corrected chi connectivity index (χ3v) is 4.93. The van der Waals surface area contributed by atoms with Crippen molar-refractivity contribution in [2.75, 3.05) is 11.4 Å². The molecule has 0 radical (unpaired) electrons. The maximum Gasteiger partial charge on any atom is 0.278 e. The smallest absolute Gasteiger partial charge is 0.278 e. The molecule has 4 nitrogen and oxygen atoms in total. The van der Waals surface area contributed by atoms with Gasteiger partial charge in [-0.15, -0.1) is 11.3 Å². The first-order valence-corrected chi connectivity index (χ1v) is 9.21. The van der Waals surface area contributed by atoms with Crippen LogP contribution in [0.15, 0.2) is 52.4 Å². The SMILES string of the molecule is CCN(C(=O)c1csc(-c2ccc(C)cc2)n1)c1ccc(Br)cn1. The number of hydrogen-bond donors (Lipinski definition) is 0. The average Bonchev–Trinajstić information content (AvgIpc) is 3.08. The van der Waals surface area contributed by atoms with Crippen LogP contribution < -0.4 is 4.90 Å². The molecule has 0 atom stereocenters. The minimum absolute atomic E-state index is 0.137. The molecule has 0 aliphatic heterocycles. The van der Waals surface area contributed by atoms with E-state index in [1.807, 2.05) is 50.2 Å². The predicted octanol–water partition coefficient (Wildman–Crippen LogP) is 4.94. The molecule has 1 amide bonds. The molecule has 2 aromatic heterocycles. The summed E-state index contributed by atoms with van der Waals surface area (Å²) in [6, 6.07) is 11.8. The Kier molecular flexibility index (Phi) is 5.06. The number of pyridine rings is 1. The quantitative estimate of drug-likeness (QED) is 0.621. The van der Waals surface area contributed by atoms with Gasteiger partial charge in [-0.05, 0) is 41.9 Å². The Morgan fingerprint density at radius 2 is 1.96 bits per heavy atom. The summed E-state index contributed by atoms with van der Waals surface area (Å²) in [4.78, 5) is 23.2. The van der Waals surface area contributed by atoms with Crippen LogP contribution in [0, 0.1) is 6.92 Å². The lowest BCUT2D eigenvalue weighted by molar-refractivity contribution is 0.0983. The Morgan fingerprint density at radius 1 is 1.21 bits per heavy atom. The van der Waals surface area contributed by atoms with Crippen molar-refractivity contribution >= 4 is 39.0 Å². The first-order valence-electron chi connectivity index (χ1n) is 7.54. The number of aryl methyl sites for hydroxylation is 1. The molecule has 0 aliphatic carbocycles. The van der Waals surface area contributed by atoms with E-state index in [1.165, 1.54) is 16.9 Å². The first kappa shape index (κ1) is 16.8. The second kappa shape index (κ2) is 7.23. The second-order valence-corrected chi connectivity index (χ2v) is 7.06. The number of thiazole rings is 1. The van der Waals surface area contributed by atoms with E-state index in [9.17, 15) is 4.79 Å². The summed E-state index contributed by atoms with van der Waals surface area (Å²) in [6.45, 7) is 4.50. The topological polar surface area (TPSA) is 46.1 Å². The predicted molar refractivity (Wildman–Crippen MR) is 102 cm³/mol. The van der Waals surface area contributed by atoms with E-state index in [0.29, 0.717) is 18.1 Å². The van der Waals surface area contributed by atoms with Crippen molar-refractivity contribution in [3.05, 3.63) is 63.7 Å². The standard InChI is InChI=1S/C18H16BrN3OS/c1-3-22(16-9-8-14(19)10-20-16)18(23)15-11-24-17(21-15)13-6-4-12(2)5-7-13/h4-11H,3H2,1-2H3. The van der Waals surface area contributed by atoms with Crippen LogP contribution in [0.5, 0.6) is 0 Å². The van der Waals surface area contributed by atoms with Crippen molar-refractivity contribution in [2.45, 2.75) is 13.8 Å². The van der Waals surface area contributed by atoms with Gasteiger partial charge in [-0.1, -0.05) is 29.8 Å². The number of hydrogen-bond acceptors (Lipinski definition) is 4. The van der Waals surface area contributed by atoms with E-state index in [1.54, 1.807) is 16.5 Å². The van der Waals surface area contributed by atoms with Crippen molar-refractivity contribution in [2.24, 2.45) is 0 Å². The van der Waals surface area contributed by atoms with Gasteiger partial charge >= 0.3 is 0 Å². The maximum absolute atomic E-state index is 12.8. The van der Waals surface area contributed by atoms with E-state index in [-0.39, 0.29) is 5.91 Å². The summed E-state index contributed by atoms with van der Waals surface area (Å²) in [5, 5.41) is 2.65. The fourth-order valence-electron chi connectivity index (χ4n) is 2.28. The number of nitrogens with zero attached hydrogens (tertiary/aromatic N) is 3. The molecule has 0 spiro atoms. The molecular weight excluding hydrogens is 386 g/mol. The van der Waals surface area contributed by atoms with Crippen LogP contribution in [0.4, 0.5) is 5.82 Å². The Bertz CT molecular complexity index is 843. The lowest BCUT2D eigenvalue weighted by atomic mass is 10.2. The van der Waals surface area contributed by atoms with Crippen molar-refractivity contribution in [1.82, 2.24) is 9.97 Å². The monoisotopic (exact) mass is 401 g/mol. The molecular formula is C18H16BrN3OS. The molecule has 0 bridgehead atoms. The van der Waals surface area contributed by atoms with Gasteiger partial charge in [0.1, 0.15) is 16.5 Å². The van der Waals surface area contributed by atoms with Crippen LogP contribution in [-0.4, -0.2) is 22.4 Å². The van der Waals surface area contributed by atoms with Gasteiger partial charge in [0.15, 0.2) is 0 Å². The molecule has 122 valence electrons. The average molecular weight is 402 g/mol. The van der Waals surface area contributed by atoms with Gasteiger partial charge < -0.3 is 0 Å². The summed E-state index contributed by atoms with van der Waals surface area (Å²) in [7, 11) is 0. The molecule has 0 fully saturated rings. The summed E-state index contributed by atoms with van der Waals surface area (Å²) in [5.74, 6) is 0.484. The molecule has 0 saturated heterocycles. The van der Waals surface area contributed by atoms with Crippen molar-refractivity contribution < 1.29 is 4.79 Å². The lowest BCUT2D eigenvalue weighted by Gasteiger charge is -2.18. The van der Waals surface area contributed by atoms with E-state index in [0.717, 1.165) is 15.0 Å². The molecule has 0 unspecified atom stereocenters. The molecule has 0 saturated carbocycles. The number of benzene rings is 1. The van der Waals surface area contributed by atoms with Gasteiger partial charge in [-0.3, -0.25) is 9.69 Å². The highest BCUT2D eigenvalue weighted by molar-refractivity contribution is 9.10. The van der Waals surface area contributed by atoms with Crippen LogP contribution in [0.1, 0.15) is 23.0 Å². The third-order valence-electron chi connectivity index (χ3n) is 3.57. The van der Waals surface area contributed by atoms with Gasteiger partial charge in [-0.2, -0.15) is 0 Å². The van der Waals surface area contributed by atoms with Gasteiger partial charge in [0.2, 0.25) is 0 Å². The van der Waals surface area contributed by atoms with E-state index in [4.69, 9.17) is 0 Å². The molecule has 0 N–H and O–H groups in total. The number of amides is 1. The van der Waals surface area contributed by atoms with Crippen LogP contribution in [-0.2, 0) is 0 Å². The summed E-state index contributed by atoms with van der Waals surface area (Å²) < 4.78 is 0.880. The molecule has 3 rings (SSSR count). The Morgan fingerprint density at radius 3 is 2.58 bits per heavy atom. The normalized spacial score (nSPS) is 10.6.